The van der Waals surface area contributed by atoms with Crippen LogP contribution in [0.2, 0.25) is 0 Å². The predicted molar refractivity (Wildman–Crippen MR) is 66.8 cm³/mol. The number of nitrogens with two attached hydrogens (primary N) is 1. The highest BCUT2D eigenvalue weighted by atomic mass is 32.2. The number of benzene rings is 1. The van der Waals surface area contributed by atoms with Crippen LogP contribution in [0.25, 0.3) is 0 Å². The molecule has 1 rings (SSSR count). The largest absolute Gasteiger partial charge is 0.495 e. The highest BCUT2D eigenvalue weighted by Crippen LogP contribution is 2.22. The second-order valence-electron chi connectivity index (χ2n) is 3.66. The Morgan fingerprint density at radius 3 is 2.53 bits per heavy atom. The van der Waals surface area contributed by atoms with Gasteiger partial charge in [0.25, 0.3) is 0 Å². The molecular formula is C11H17NO4S. The Bertz CT molecular complexity index is 470. The Labute approximate surface area is 101 Å². The molecule has 96 valence electrons. The van der Waals surface area contributed by atoms with Crippen LogP contribution in [0.15, 0.2) is 18.2 Å². The lowest BCUT2D eigenvalue weighted by Gasteiger charge is -2.07. The van der Waals surface area contributed by atoms with Gasteiger partial charge >= 0.3 is 0 Å². The van der Waals surface area contributed by atoms with Crippen molar-refractivity contribution >= 4 is 15.5 Å². The molecule has 0 aromatic heterocycles. The Balaban J connectivity index is 2.78. The number of sulfone groups is 1. The maximum Gasteiger partial charge on any atom is 0.156 e. The van der Waals surface area contributed by atoms with Gasteiger partial charge in [0.1, 0.15) is 5.75 Å². The van der Waals surface area contributed by atoms with Gasteiger partial charge in [0.2, 0.25) is 0 Å². The second-order valence-corrected chi connectivity index (χ2v) is 5.85. The van der Waals surface area contributed by atoms with E-state index in [1.165, 1.54) is 14.2 Å². The third-order valence-corrected chi connectivity index (χ3v) is 3.84. The highest BCUT2D eigenvalue weighted by Gasteiger charge is 2.12. The standard InChI is InChI=1S/C11H17NO4S/c1-15-5-6-17(13,14)8-9-3-4-11(16-2)10(12)7-9/h3-4,7H,5-6,8,12H2,1-2H3. The van der Waals surface area contributed by atoms with Crippen LogP contribution in [0.4, 0.5) is 5.69 Å². The summed E-state index contributed by atoms with van der Waals surface area (Å²) < 4.78 is 33.1. The van der Waals surface area contributed by atoms with Gasteiger partial charge in [-0.2, -0.15) is 0 Å². The summed E-state index contributed by atoms with van der Waals surface area (Å²) in [5.74, 6) is 0.517. The van der Waals surface area contributed by atoms with Crippen molar-refractivity contribution in [1.29, 1.82) is 0 Å². The molecule has 0 aliphatic carbocycles. The number of ether oxygens (including phenoxy) is 2. The first kappa shape index (κ1) is 13.8. The fraction of sp³-hybridized carbons (Fsp3) is 0.455. The third kappa shape index (κ3) is 4.24. The van der Waals surface area contributed by atoms with E-state index in [-0.39, 0.29) is 18.1 Å². The average Bonchev–Trinajstić information content (AvgIpc) is 2.26. The highest BCUT2D eigenvalue weighted by molar-refractivity contribution is 7.90. The Hall–Kier alpha value is -1.27. The quantitative estimate of drug-likeness (QED) is 0.766. The fourth-order valence-electron chi connectivity index (χ4n) is 1.41. The fourth-order valence-corrected chi connectivity index (χ4v) is 2.66. The number of hydrogen-bond donors (Lipinski definition) is 1. The van der Waals surface area contributed by atoms with Gasteiger partial charge in [0.05, 0.1) is 30.9 Å². The molecule has 0 unspecified atom stereocenters. The van der Waals surface area contributed by atoms with Crippen molar-refractivity contribution in [2.45, 2.75) is 5.75 Å². The number of rotatable bonds is 6. The van der Waals surface area contributed by atoms with Gasteiger partial charge in [-0.1, -0.05) is 6.07 Å². The van der Waals surface area contributed by atoms with E-state index in [4.69, 9.17) is 15.2 Å². The van der Waals surface area contributed by atoms with Gasteiger partial charge in [-0.15, -0.1) is 0 Å². The number of hydrogen-bond acceptors (Lipinski definition) is 5. The molecule has 0 spiro atoms. The molecule has 0 saturated carbocycles. The summed E-state index contributed by atoms with van der Waals surface area (Å²) in [6, 6.07) is 4.97. The zero-order valence-corrected chi connectivity index (χ0v) is 10.8. The van der Waals surface area contributed by atoms with Crippen molar-refractivity contribution in [3.8, 4) is 5.75 Å². The first-order chi connectivity index (χ1) is 7.98. The van der Waals surface area contributed by atoms with Gasteiger partial charge in [-0.05, 0) is 17.7 Å². The molecule has 0 atom stereocenters. The molecule has 1 aromatic rings. The normalized spacial score (nSPS) is 11.4. The van der Waals surface area contributed by atoms with E-state index < -0.39 is 9.84 Å². The van der Waals surface area contributed by atoms with Gasteiger partial charge in [-0.25, -0.2) is 8.42 Å². The van der Waals surface area contributed by atoms with Crippen LogP contribution in [-0.2, 0) is 20.3 Å². The minimum atomic E-state index is -3.15. The van der Waals surface area contributed by atoms with Crippen LogP contribution in [0.3, 0.4) is 0 Å². The molecule has 0 fully saturated rings. The van der Waals surface area contributed by atoms with Crippen molar-refractivity contribution < 1.29 is 17.9 Å². The summed E-state index contributed by atoms with van der Waals surface area (Å²) in [6.07, 6.45) is 0. The minimum absolute atomic E-state index is 0.00936. The molecule has 1 aromatic carbocycles. The maximum atomic E-state index is 11.7. The molecule has 0 aliphatic heterocycles. The van der Waals surface area contributed by atoms with E-state index in [1.54, 1.807) is 18.2 Å². The average molecular weight is 259 g/mol. The molecule has 0 saturated heterocycles. The van der Waals surface area contributed by atoms with Crippen molar-refractivity contribution in [3.05, 3.63) is 23.8 Å². The molecule has 0 amide bonds. The van der Waals surface area contributed by atoms with E-state index in [0.717, 1.165) is 0 Å². The summed E-state index contributed by atoms with van der Waals surface area (Å²) in [7, 11) is -0.167. The van der Waals surface area contributed by atoms with Crippen LogP contribution in [0.1, 0.15) is 5.56 Å². The van der Waals surface area contributed by atoms with Crippen molar-refractivity contribution in [2.24, 2.45) is 0 Å². The Morgan fingerprint density at radius 2 is 2.00 bits per heavy atom. The summed E-state index contributed by atoms with van der Waals surface area (Å²) in [4.78, 5) is 0. The molecule has 17 heavy (non-hydrogen) atoms. The smallest absolute Gasteiger partial charge is 0.156 e. The first-order valence-corrected chi connectivity index (χ1v) is 6.92. The lowest BCUT2D eigenvalue weighted by Crippen LogP contribution is -2.13. The molecular weight excluding hydrogens is 242 g/mol. The van der Waals surface area contributed by atoms with Crippen LogP contribution in [-0.4, -0.2) is 35.0 Å². The molecule has 2 N–H and O–H groups in total. The lowest BCUT2D eigenvalue weighted by molar-refractivity contribution is 0.217. The zero-order valence-electron chi connectivity index (χ0n) is 9.97. The lowest BCUT2D eigenvalue weighted by atomic mass is 10.2. The van der Waals surface area contributed by atoms with Crippen molar-refractivity contribution in [2.75, 3.05) is 32.3 Å². The van der Waals surface area contributed by atoms with Crippen LogP contribution < -0.4 is 10.5 Å². The zero-order chi connectivity index (χ0) is 12.9. The van der Waals surface area contributed by atoms with Crippen LogP contribution in [0, 0.1) is 0 Å². The van der Waals surface area contributed by atoms with E-state index in [0.29, 0.717) is 17.0 Å². The summed E-state index contributed by atoms with van der Waals surface area (Å²) in [5.41, 5.74) is 6.80. The number of methoxy groups -OCH3 is 2. The summed E-state index contributed by atoms with van der Waals surface area (Å²) in [6.45, 7) is 0.202. The number of nitrogen functional groups attached to an aromatic ring is 1. The SMILES string of the molecule is COCCS(=O)(=O)Cc1ccc(OC)c(N)c1. The minimum Gasteiger partial charge on any atom is -0.495 e. The molecule has 0 aliphatic rings. The van der Waals surface area contributed by atoms with Crippen molar-refractivity contribution in [1.82, 2.24) is 0 Å². The third-order valence-electron chi connectivity index (χ3n) is 2.28. The molecule has 0 radical (unpaired) electrons. The van der Waals surface area contributed by atoms with Crippen LogP contribution in [0.5, 0.6) is 5.75 Å². The van der Waals surface area contributed by atoms with Gasteiger partial charge < -0.3 is 15.2 Å². The van der Waals surface area contributed by atoms with E-state index in [2.05, 4.69) is 0 Å². The monoisotopic (exact) mass is 259 g/mol. The molecule has 0 bridgehead atoms. The van der Waals surface area contributed by atoms with E-state index >= 15 is 0 Å². The number of anilines is 1. The predicted octanol–water partition coefficient (Wildman–Crippen LogP) is 0.839. The van der Waals surface area contributed by atoms with Crippen molar-refractivity contribution in [3.63, 3.8) is 0 Å². The Morgan fingerprint density at radius 1 is 1.29 bits per heavy atom. The van der Waals surface area contributed by atoms with Crippen LogP contribution >= 0.6 is 0 Å². The second kappa shape index (κ2) is 5.88. The van der Waals surface area contributed by atoms with Gasteiger partial charge in [-0.3, -0.25) is 0 Å². The van der Waals surface area contributed by atoms with E-state index in [1.807, 2.05) is 0 Å². The van der Waals surface area contributed by atoms with Gasteiger partial charge in [0.15, 0.2) is 9.84 Å². The summed E-state index contributed by atoms with van der Waals surface area (Å²) >= 11 is 0. The molecule has 5 nitrogen and oxygen atoms in total. The maximum absolute atomic E-state index is 11.7. The Kier molecular flexibility index (Phi) is 4.77. The first-order valence-electron chi connectivity index (χ1n) is 5.10. The summed E-state index contributed by atoms with van der Waals surface area (Å²) in [5, 5.41) is 0. The molecule has 0 heterocycles. The van der Waals surface area contributed by atoms with Gasteiger partial charge in [0, 0.05) is 7.11 Å². The van der Waals surface area contributed by atoms with E-state index in [9.17, 15) is 8.42 Å². The molecule has 6 heteroatoms. The topological polar surface area (TPSA) is 78.6 Å².